The summed E-state index contributed by atoms with van der Waals surface area (Å²) in [6, 6.07) is 7.11. The zero-order chi connectivity index (χ0) is 20.7. The molecule has 2 fully saturated rings. The number of fused-ring (bicyclic) bond motifs is 2. The van der Waals surface area contributed by atoms with E-state index in [0.29, 0.717) is 0 Å². The van der Waals surface area contributed by atoms with Crippen LogP contribution >= 0.6 is 0 Å². The summed E-state index contributed by atoms with van der Waals surface area (Å²) in [4.78, 5) is 0. The predicted octanol–water partition coefficient (Wildman–Crippen LogP) is 6.01. The second-order valence-corrected chi connectivity index (χ2v) is 10.5. The Morgan fingerprint density at radius 1 is 0.900 bits per heavy atom. The van der Waals surface area contributed by atoms with Crippen molar-refractivity contribution in [2.75, 3.05) is 0 Å². The average molecular weight is 407 g/mol. The third kappa shape index (κ3) is 3.93. The van der Waals surface area contributed by atoms with Crippen molar-refractivity contribution in [2.45, 2.75) is 83.7 Å². The summed E-state index contributed by atoms with van der Waals surface area (Å²) < 4.78 is 6.33. The van der Waals surface area contributed by atoms with Crippen LogP contribution in [0, 0.1) is 23.7 Å². The Morgan fingerprint density at radius 2 is 1.60 bits per heavy atom. The second-order valence-electron chi connectivity index (χ2n) is 10.5. The summed E-state index contributed by atoms with van der Waals surface area (Å²) in [6.45, 7) is 5.45. The average Bonchev–Trinajstić information content (AvgIpc) is 2.96. The standard InChI is InChI=1S/C27H38N2O/c1-17-3-5-19(6-4-17)20-7-9-21(10-8-20)22-11-13-25-23(15-22)16-29-27-18(2)24(28)12-14-26(27)30-25/h11-15,17-21,27,29H,3-10,16,28H2,1-2H3. The highest BCUT2D eigenvalue weighted by molar-refractivity contribution is 5.42. The van der Waals surface area contributed by atoms with Gasteiger partial charge in [0.05, 0.1) is 6.04 Å². The van der Waals surface area contributed by atoms with Crippen molar-refractivity contribution in [3.8, 4) is 5.75 Å². The van der Waals surface area contributed by atoms with Gasteiger partial charge in [-0.2, -0.15) is 0 Å². The number of hydrogen-bond acceptors (Lipinski definition) is 3. The molecule has 3 nitrogen and oxygen atoms in total. The molecule has 3 heteroatoms. The number of ether oxygens (including phenoxy) is 1. The van der Waals surface area contributed by atoms with Gasteiger partial charge in [-0.1, -0.05) is 38.8 Å². The van der Waals surface area contributed by atoms with Crippen LogP contribution in [0.2, 0.25) is 0 Å². The van der Waals surface area contributed by atoms with E-state index in [2.05, 4.69) is 37.4 Å². The van der Waals surface area contributed by atoms with Crippen LogP contribution in [0.5, 0.6) is 5.75 Å². The SMILES string of the molecule is CC1CCC(C2CCC(c3ccc4c(c3)CNC3C(=CC=C(N)C3C)O4)CC2)CC1. The largest absolute Gasteiger partial charge is 0.460 e. The molecular formula is C27H38N2O. The molecule has 3 N–H and O–H groups in total. The van der Waals surface area contributed by atoms with E-state index in [-0.39, 0.29) is 12.0 Å². The van der Waals surface area contributed by atoms with Crippen molar-refractivity contribution >= 4 is 0 Å². The van der Waals surface area contributed by atoms with Crippen LogP contribution in [0.15, 0.2) is 41.8 Å². The first-order valence-corrected chi connectivity index (χ1v) is 12.3. The molecule has 0 radical (unpaired) electrons. The first-order chi connectivity index (χ1) is 14.6. The third-order valence-electron chi connectivity index (χ3n) is 8.57. The topological polar surface area (TPSA) is 47.3 Å². The zero-order valence-corrected chi connectivity index (χ0v) is 18.7. The van der Waals surface area contributed by atoms with Crippen LogP contribution in [0.1, 0.15) is 82.3 Å². The molecule has 0 aromatic heterocycles. The van der Waals surface area contributed by atoms with Crippen molar-refractivity contribution in [1.82, 2.24) is 5.32 Å². The Balaban J connectivity index is 1.25. The summed E-state index contributed by atoms with van der Waals surface area (Å²) in [7, 11) is 0. The van der Waals surface area contributed by atoms with E-state index in [4.69, 9.17) is 10.5 Å². The van der Waals surface area contributed by atoms with E-state index in [9.17, 15) is 0 Å². The molecule has 5 rings (SSSR count). The molecule has 0 spiro atoms. The molecule has 3 aliphatic carbocycles. The zero-order valence-electron chi connectivity index (χ0n) is 18.7. The molecule has 2 atom stereocenters. The van der Waals surface area contributed by atoms with Gasteiger partial charge < -0.3 is 15.8 Å². The molecule has 2 saturated carbocycles. The Kier molecular flexibility index (Phi) is 5.66. The fourth-order valence-corrected chi connectivity index (χ4v) is 6.37. The van der Waals surface area contributed by atoms with Gasteiger partial charge in [-0.25, -0.2) is 0 Å². The summed E-state index contributed by atoms with van der Waals surface area (Å²) >= 11 is 0. The predicted molar refractivity (Wildman–Crippen MR) is 123 cm³/mol. The summed E-state index contributed by atoms with van der Waals surface area (Å²) in [5.41, 5.74) is 9.88. The third-order valence-corrected chi connectivity index (χ3v) is 8.57. The molecule has 1 aliphatic heterocycles. The lowest BCUT2D eigenvalue weighted by Gasteiger charge is -2.37. The number of hydrogen-bond donors (Lipinski definition) is 2. The normalized spacial score (nSPS) is 36.5. The first kappa shape index (κ1) is 20.2. The highest BCUT2D eigenvalue weighted by Crippen LogP contribution is 2.44. The van der Waals surface area contributed by atoms with E-state index in [1.165, 1.54) is 62.5 Å². The Labute approximate surface area is 182 Å². The molecule has 1 heterocycles. The minimum absolute atomic E-state index is 0.166. The first-order valence-electron chi connectivity index (χ1n) is 12.3. The van der Waals surface area contributed by atoms with Gasteiger partial charge in [0, 0.05) is 23.7 Å². The smallest absolute Gasteiger partial charge is 0.131 e. The number of nitrogens with one attached hydrogen (secondary N) is 1. The lowest BCUT2D eigenvalue weighted by Crippen LogP contribution is -2.40. The highest BCUT2D eigenvalue weighted by Gasteiger charge is 2.32. The number of benzene rings is 1. The molecule has 0 bridgehead atoms. The molecule has 1 aromatic rings. The number of allylic oxidation sites excluding steroid dienone is 2. The van der Waals surface area contributed by atoms with Crippen molar-refractivity contribution in [1.29, 1.82) is 0 Å². The van der Waals surface area contributed by atoms with Gasteiger partial charge in [0.2, 0.25) is 0 Å². The molecular weight excluding hydrogens is 368 g/mol. The number of nitrogens with two attached hydrogens (primary N) is 1. The van der Waals surface area contributed by atoms with E-state index in [1.54, 1.807) is 0 Å². The van der Waals surface area contributed by atoms with Crippen LogP contribution < -0.4 is 15.8 Å². The molecule has 0 amide bonds. The van der Waals surface area contributed by atoms with Gasteiger partial charge in [-0.15, -0.1) is 0 Å². The van der Waals surface area contributed by atoms with E-state index >= 15 is 0 Å². The second kappa shape index (κ2) is 8.42. The molecule has 4 aliphatic rings. The maximum atomic E-state index is 6.33. The van der Waals surface area contributed by atoms with Crippen LogP contribution in [0.25, 0.3) is 0 Å². The Hall–Kier alpha value is -1.74. The summed E-state index contributed by atoms with van der Waals surface area (Å²) in [5, 5.41) is 3.69. The van der Waals surface area contributed by atoms with Gasteiger partial charge in [-0.05, 0) is 86.0 Å². The molecule has 0 saturated heterocycles. The van der Waals surface area contributed by atoms with Crippen LogP contribution in [0.4, 0.5) is 0 Å². The summed E-state index contributed by atoms with van der Waals surface area (Å²) in [6.07, 6.45) is 15.5. The fourth-order valence-electron chi connectivity index (χ4n) is 6.37. The van der Waals surface area contributed by atoms with Crippen molar-refractivity contribution in [3.05, 3.63) is 52.9 Å². The van der Waals surface area contributed by atoms with E-state index < -0.39 is 0 Å². The van der Waals surface area contributed by atoms with Crippen molar-refractivity contribution in [3.63, 3.8) is 0 Å². The van der Waals surface area contributed by atoms with Gasteiger partial charge in [0.25, 0.3) is 0 Å². The quantitative estimate of drug-likeness (QED) is 0.632. The fraction of sp³-hybridized carbons (Fsp3) is 0.630. The van der Waals surface area contributed by atoms with Crippen molar-refractivity contribution in [2.24, 2.45) is 29.4 Å². The number of rotatable bonds is 2. The maximum Gasteiger partial charge on any atom is 0.131 e. The Bertz CT molecular complexity index is 825. The van der Waals surface area contributed by atoms with E-state index in [0.717, 1.165) is 47.4 Å². The minimum Gasteiger partial charge on any atom is -0.460 e. The van der Waals surface area contributed by atoms with Gasteiger partial charge in [0.1, 0.15) is 11.5 Å². The molecule has 30 heavy (non-hydrogen) atoms. The molecule has 1 aromatic carbocycles. The van der Waals surface area contributed by atoms with E-state index in [1.807, 2.05) is 12.2 Å². The van der Waals surface area contributed by atoms with Crippen LogP contribution in [-0.4, -0.2) is 6.04 Å². The van der Waals surface area contributed by atoms with Crippen molar-refractivity contribution < 1.29 is 4.74 Å². The Morgan fingerprint density at radius 3 is 2.33 bits per heavy atom. The van der Waals surface area contributed by atoms with Gasteiger partial charge in [0.15, 0.2) is 0 Å². The van der Waals surface area contributed by atoms with Crippen LogP contribution in [0.3, 0.4) is 0 Å². The maximum absolute atomic E-state index is 6.33. The molecule has 162 valence electrons. The monoisotopic (exact) mass is 406 g/mol. The highest BCUT2D eigenvalue weighted by atomic mass is 16.5. The molecule has 2 unspecified atom stereocenters. The van der Waals surface area contributed by atoms with Crippen LogP contribution in [-0.2, 0) is 6.54 Å². The summed E-state index contributed by atoms with van der Waals surface area (Å²) in [5.74, 6) is 5.92. The lowest BCUT2D eigenvalue weighted by atomic mass is 9.68. The van der Waals surface area contributed by atoms with Gasteiger partial charge in [-0.3, -0.25) is 0 Å². The lowest BCUT2D eigenvalue weighted by molar-refractivity contribution is 0.165. The van der Waals surface area contributed by atoms with Gasteiger partial charge >= 0.3 is 0 Å². The minimum atomic E-state index is 0.166.